The highest BCUT2D eigenvalue weighted by Gasteiger charge is 2.07. The van der Waals surface area contributed by atoms with Gasteiger partial charge in [0.15, 0.2) is 11.5 Å². The molecule has 0 aliphatic carbocycles. The van der Waals surface area contributed by atoms with Gasteiger partial charge in [-0.2, -0.15) is 4.98 Å². The van der Waals surface area contributed by atoms with Gasteiger partial charge in [-0.3, -0.25) is 5.10 Å². The average molecular weight is 207 g/mol. The maximum atomic E-state index is 4.72. The molecule has 0 aliphatic heterocycles. The number of aromatic amines is 1. The summed E-state index contributed by atoms with van der Waals surface area (Å²) in [7, 11) is 0. The van der Waals surface area contributed by atoms with Gasteiger partial charge < -0.3 is 9.84 Å². The van der Waals surface area contributed by atoms with Crippen LogP contribution in [0.3, 0.4) is 0 Å². The second-order valence-electron chi connectivity index (χ2n) is 3.67. The Hall–Kier alpha value is -1.85. The molecule has 2 rings (SSSR count). The van der Waals surface area contributed by atoms with Crippen molar-refractivity contribution in [3.8, 4) is 11.5 Å². The zero-order valence-electron chi connectivity index (χ0n) is 8.69. The Labute approximate surface area is 87.1 Å². The van der Waals surface area contributed by atoms with Crippen LogP contribution in [0.25, 0.3) is 11.5 Å². The molecule has 15 heavy (non-hydrogen) atoms. The molecule has 0 fully saturated rings. The zero-order valence-corrected chi connectivity index (χ0v) is 8.69. The van der Waals surface area contributed by atoms with Crippen LogP contribution in [0, 0.1) is 5.92 Å². The molecule has 0 aromatic carbocycles. The molecule has 0 amide bonds. The van der Waals surface area contributed by atoms with E-state index in [0.717, 1.165) is 6.54 Å². The van der Waals surface area contributed by atoms with Gasteiger partial charge in [-0.05, 0) is 5.92 Å². The average Bonchev–Trinajstić information content (AvgIpc) is 2.85. The van der Waals surface area contributed by atoms with Crippen LogP contribution < -0.4 is 5.32 Å². The fraction of sp³-hybridized carbons (Fsp3) is 0.444. The van der Waals surface area contributed by atoms with E-state index in [1.54, 1.807) is 6.07 Å². The van der Waals surface area contributed by atoms with Crippen LogP contribution in [0.2, 0.25) is 0 Å². The van der Waals surface area contributed by atoms with Crippen LogP contribution in [0.5, 0.6) is 0 Å². The Balaban J connectivity index is 2.04. The van der Waals surface area contributed by atoms with Gasteiger partial charge in [0.25, 0.3) is 0 Å². The minimum atomic E-state index is 0.555. The molecule has 0 unspecified atom stereocenters. The molecule has 0 radical (unpaired) electrons. The zero-order chi connectivity index (χ0) is 10.7. The van der Waals surface area contributed by atoms with Crippen molar-refractivity contribution in [2.75, 3.05) is 11.9 Å². The summed E-state index contributed by atoms with van der Waals surface area (Å²) < 4.78 is 4.72. The fourth-order valence-corrected chi connectivity index (χ4v) is 1.09. The molecule has 0 bridgehead atoms. The van der Waals surface area contributed by atoms with E-state index in [4.69, 9.17) is 4.52 Å². The van der Waals surface area contributed by atoms with Gasteiger partial charge >= 0.3 is 0 Å². The molecule has 0 spiro atoms. The summed E-state index contributed by atoms with van der Waals surface area (Å²) in [6.45, 7) is 5.09. The van der Waals surface area contributed by atoms with Crippen molar-refractivity contribution < 1.29 is 4.52 Å². The normalized spacial score (nSPS) is 10.9. The molecule has 2 heterocycles. The molecule has 2 aromatic heterocycles. The van der Waals surface area contributed by atoms with E-state index in [1.165, 1.54) is 6.26 Å². The van der Waals surface area contributed by atoms with Gasteiger partial charge in [0.2, 0.25) is 5.95 Å². The molecule has 6 heteroatoms. The van der Waals surface area contributed by atoms with Crippen molar-refractivity contribution in [3.63, 3.8) is 0 Å². The highest BCUT2D eigenvalue weighted by Crippen LogP contribution is 2.12. The molecule has 0 aliphatic rings. The predicted octanol–water partition coefficient (Wildman–Crippen LogP) is 1.53. The minimum Gasteiger partial charge on any atom is -0.364 e. The first-order chi connectivity index (χ1) is 7.25. The summed E-state index contributed by atoms with van der Waals surface area (Å²) in [5.41, 5.74) is 0.653. The van der Waals surface area contributed by atoms with E-state index in [9.17, 15) is 0 Å². The monoisotopic (exact) mass is 207 g/mol. The second-order valence-corrected chi connectivity index (χ2v) is 3.67. The largest absolute Gasteiger partial charge is 0.364 e. The number of rotatable bonds is 4. The van der Waals surface area contributed by atoms with Gasteiger partial charge in [-0.25, -0.2) is 0 Å². The highest BCUT2D eigenvalue weighted by molar-refractivity contribution is 5.49. The molecular weight excluding hydrogens is 194 g/mol. The number of nitrogens with zero attached hydrogens (tertiary/aromatic N) is 3. The summed E-state index contributed by atoms with van der Waals surface area (Å²) in [5, 5.41) is 13.7. The lowest BCUT2D eigenvalue weighted by Crippen LogP contribution is -2.08. The lowest BCUT2D eigenvalue weighted by molar-refractivity contribution is 0.422. The number of aromatic nitrogens is 4. The molecule has 0 atom stereocenters. The molecule has 2 N–H and O–H groups in total. The quantitative estimate of drug-likeness (QED) is 0.794. The highest BCUT2D eigenvalue weighted by atomic mass is 16.5. The Bertz CT molecular complexity index is 406. The summed E-state index contributed by atoms with van der Waals surface area (Å²) >= 11 is 0. The molecule has 80 valence electrons. The fourth-order valence-electron chi connectivity index (χ4n) is 1.09. The number of anilines is 1. The summed E-state index contributed by atoms with van der Waals surface area (Å²) in [6, 6.07) is 1.73. The Morgan fingerprint density at radius 2 is 2.40 bits per heavy atom. The number of hydrogen-bond acceptors (Lipinski definition) is 5. The van der Waals surface area contributed by atoms with E-state index >= 15 is 0 Å². The lowest BCUT2D eigenvalue weighted by Gasteiger charge is -2.03. The molecule has 0 saturated carbocycles. The maximum absolute atomic E-state index is 4.72. The summed E-state index contributed by atoms with van der Waals surface area (Å²) in [4.78, 5) is 4.22. The van der Waals surface area contributed by atoms with Gasteiger partial charge in [-0.1, -0.05) is 19.0 Å². The number of H-pyrrole nitrogens is 1. The number of hydrogen-bond donors (Lipinski definition) is 2. The molecule has 0 saturated heterocycles. The minimum absolute atomic E-state index is 0.555. The van der Waals surface area contributed by atoms with Gasteiger partial charge in [0.05, 0.1) is 0 Å². The van der Waals surface area contributed by atoms with Crippen LogP contribution >= 0.6 is 0 Å². The van der Waals surface area contributed by atoms with Crippen molar-refractivity contribution in [3.05, 3.63) is 12.3 Å². The Kier molecular flexibility index (Phi) is 2.66. The van der Waals surface area contributed by atoms with Crippen LogP contribution in [-0.4, -0.2) is 26.9 Å². The van der Waals surface area contributed by atoms with Crippen molar-refractivity contribution in [2.45, 2.75) is 13.8 Å². The lowest BCUT2D eigenvalue weighted by atomic mass is 10.2. The Morgan fingerprint density at radius 3 is 3.07 bits per heavy atom. The van der Waals surface area contributed by atoms with E-state index in [0.29, 0.717) is 23.4 Å². The first-order valence-electron chi connectivity index (χ1n) is 4.82. The van der Waals surface area contributed by atoms with Crippen LogP contribution in [0.1, 0.15) is 13.8 Å². The molecule has 2 aromatic rings. The standard InChI is InChI=1S/C9H13N5O/c1-6(2)5-10-9-11-8(12-13-9)7-3-4-15-14-7/h3-4,6H,5H2,1-2H3,(H2,10,11,12,13). The van der Waals surface area contributed by atoms with E-state index < -0.39 is 0 Å². The second kappa shape index (κ2) is 4.12. The smallest absolute Gasteiger partial charge is 0.242 e. The van der Waals surface area contributed by atoms with Gasteiger partial charge in [0, 0.05) is 12.6 Å². The van der Waals surface area contributed by atoms with Gasteiger partial charge in [0.1, 0.15) is 6.26 Å². The summed E-state index contributed by atoms with van der Waals surface area (Å²) in [6.07, 6.45) is 1.50. The van der Waals surface area contributed by atoms with Gasteiger partial charge in [-0.15, -0.1) is 5.10 Å². The Morgan fingerprint density at radius 1 is 1.53 bits per heavy atom. The van der Waals surface area contributed by atoms with Crippen LogP contribution in [0.15, 0.2) is 16.9 Å². The van der Waals surface area contributed by atoms with Crippen molar-refractivity contribution in [1.82, 2.24) is 20.3 Å². The van der Waals surface area contributed by atoms with E-state index in [-0.39, 0.29) is 0 Å². The first kappa shape index (κ1) is 9.70. The number of nitrogens with one attached hydrogen (secondary N) is 2. The summed E-state index contributed by atoms with van der Waals surface area (Å²) in [5.74, 6) is 1.75. The van der Waals surface area contributed by atoms with E-state index in [2.05, 4.69) is 39.5 Å². The predicted molar refractivity (Wildman–Crippen MR) is 55.2 cm³/mol. The first-order valence-corrected chi connectivity index (χ1v) is 4.82. The van der Waals surface area contributed by atoms with E-state index in [1.807, 2.05) is 0 Å². The topological polar surface area (TPSA) is 79.6 Å². The van der Waals surface area contributed by atoms with Crippen LogP contribution in [-0.2, 0) is 0 Å². The molecule has 6 nitrogen and oxygen atoms in total. The maximum Gasteiger partial charge on any atom is 0.242 e. The third kappa shape index (κ3) is 2.34. The third-order valence-corrected chi connectivity index (χ3v) is 1.83. The third-order valence-electron chi connectivity index (χ3n) is 1.83. The van der Waals surface area contributed by atoms with Crippen LogP contribution in [0.4, 0.5) is 5.95 Å². The SMILES string of the molecule is CC(C)CNc1n[nH]c(-c2ccon2)n1. The molecular formula is C9H13N5O. The van der Waals surface area contributed by atoms with Crippen molar-refractivity contribution in [2.24, 2.45) is 5.92 Å². The van der Waals surface area contributed by atoms with Crippen molar-refractivity contribution >= 4 is 5.95 Å². The van der Waals surface area contributed by atoms with Crippen molar-refractivity contribution in [1.29, 1.82) is 0 Å².